The molecule has 0 aromatic heterocycles. The molecule has 0 spiro atoms. The van der Waals surface area contributed by atoms with Crippen molar-refractivity contribution in [3.8, 4) is 11.1 Å². The van der Waals surface area contributed by atoms with Gasteiger partial charge in [0.1, 0.15) is 24.7 Å². The van der Waals surface area contributed by atoms with Crippen molar-refractivity contribution in [2.24, 2.45) is 35.5 Å². The second-order valence-corrected chi connectivity index (χ2v) is 26.2. The maximum atomic E-state index is 15.5. The predicted octanol–water partition coefficient (Wildman–Crippen LogP) is 12.1. The van der Waals surface area contributed by atoms with E-state index in [0.717, 1.165) is 64.6 Å². The molecule has 5 aromatic carbocycles. The maximum absolute atomic E-state index is 15.5. The van der Waals surface area contributed by atoms with E-state index in [2.05, 4.69) is 71.3 Å². The molecule has 86 heavy (non-hydrogen) atoms. The monoisotopic (exact) mass is 1180 g/mol. The van der Waals surface area contributed by atoms with Gasteiger partial charge in [-0.3, -0.25) is 28.8 Å². The average molecular weight is 1190 g/mol. The number of nitrogens with one attached hydrogen (secondary N) is 2. The van der Waals surface area contributed by atoms with Crippen molar-refractivity contribution in [3.63, 3.8) is 0 Å². The quantitative estimate of drug-likeness (QED) is 0.0401. The lowest BCUT2D eigenvalue weighted by atomic mass is 9.84. The first-order valence-electron chi connectivity index (χ1n) is 31.6. The van der Waals surface area contributed by atoms with Gasteiger partial charge in [0.15, 0.2) is 5.78 Å². The van der Waals surface area contributed by atoms with E-state index < -0.39 is 64.5 Å². The molecule has 456 valence electrons. The Morgan fingerprint density at radius 1 is 0.628 bits per heavy atom. The number of benzene rings is 5. The van der Waals surface area contributed by atoms with Gasteiger partial charge in [0.05, 0.1) is 30.2 Å². The van der Waals surface area contributed by atoms with Gasteiger partial charge in [0.25, 0.3) is 0 Å². The first kappa shape index (κ1) is 63.4. The Balaban J connectivity index is 0.955. The van der Waals surface area contributed by atoms with E-state index in [-0.39, 0.29) is 78.4 Å². The van der Waals surface area contributed by atoms with Crippen LogP contribution in [-0.2, 0) is 47.8 Å². The van der Waals surface area contributed by atoms with Crippen LogP contribution >= 0.6 is 11.8 Å². The summed E-state index contributed by atoms with van der Waals surface area (Å²) in [4.78, 5) is 107. The molecule has 10 atom stereocenters. The highest BCUT2D eigenvalue weighted by Gasteiger charge is 2.52. The van der Waals surface area contributed by atoms with E-state index in [0.29, 0.717) is 45.1 Å². The average Bonchev–Trinajstić information content (AvgIpc) is 1.36. The Morgan fingerprint density at radius 3 is 1.73 bits per heavy atom. The normalized spacial score (nSPS) is 20.3. The number of methoxy groups -OCH3 is 1. The molecule has 0 radical (unpaired) electrons. The molecular weight excluding hydrogens is 1100 g/mol. The van der Waals surface area contributed by atoms with Gasteiger partial charge in [-0.05, 0) is 101 Å². The molecule has 2 N–H and O–H groups in total. The molecule has 2 heterocycles. The number of thioether (sulfide) groups is 1. The third-order valence-corrected chi connectivity index (χ3v) is 20.8. The second-order valence-electron chi connectivity index (χ2n) is 25.0. The van der Waals surface area contributed by atoms with Crippen LogP contribution in [0.3, 0.4) is 0 Å². The number of nitrogens with zero attached hydrogens (tertiary/aromatic N) is 2. The van der Waals surface area contributed by atoms with E-state index in [1.807, 2.05) is 120 Å². The molecule has 2 saturated heterocycles. The minimum Gasteiger partial charge on any atom is -0.467 e. The first-order valence-corrected chi connectivity index (χ1v) is 32.6. The van der Waals surface area contributed by atoms with Gasteiger partial charge in [-0.15, -0.1) is 11.8 Å². The van der Waals surface area contributed by atoms with Crippen LogP contribution in [0, 0.1) is 35.5 Å². The number of ether oxygens (including phenoxy) is 2. The third kappa shape index (κ3) is 13.9. The van der Waals surface area contributed by atoms with Crippen molar-refractivity contribution in [2.75, 3.05) is 26.0 Å². The predicted molar refractivity (Wildman–Crippen MR) is 338 cm³/mol. The Bertz CT molecular complexity index is 3020. The lowest BCUT2D eigenvalue weighted by Gasteiger charge is -2.38. The summed E-state index contributed by atoms with van der Waals surface area (Å²) in [6.07, 6.45) is 6.08. The zero-order valence-electron chi connectivity index (χ0n) is 51.3. The van der Waals surface area contributed by atoms with Crippen molar-refractivity contribution in [1.82, 2.24) is 20.4 Å². The second kappa shape index (κ2) is 29.1. The number of carbonyl (C=O) groups excluding carboxylic acids is 7. The first-order chi connectivity index (χ1) is 41.6. The Kier molecular flexibility index (Phi) is 21.5. The highest BCUT2D eigenvalue weighted by Crippen LogP contribution is 2.50. The van der Waals surface area contributed by atoms with Crippen molar-refractivity contribution in [1.29, 1.82) is 0 Å². The van der Waals surface area contributed by atoms with Gasteiger partial charge >= 0.3 is 11.9 Å². The molecule has 5 aromatic rings. The zero-order valence-corrected chi connectivity index (χ0v) is 52.1. The fourth-order valence-corrected chi connectivity index (χ4v) is 15.7. The fourth-order valence-electron chi connectivity index (χ4n) is 14.1. The molecule has 14 heteroatoms. The maximum Gasteiger partial charge on any atom is 0.328 e. The molecular formula is C72H88N4O9S. The largest absolute Gasteiger partial charge is 0.467 e. The van der Waals surface area contributed by atoms with Crippen LogP contribution in [0.15, 0.2) is 140 Å². The summed E-state index contributed by atoms with van der Waals surface area (Å²) in [5.41, 5.74) is 7.41. The molecule has 2 aliphatic carbocycles. The van der Waals surface area contributed by atoms with Crippen molar-refractivity contribution >= 4 is 53.1 Å². The molecule has 0 unspecified atom stereocenters. The van der Waals surface area contributed by atoms with Crippen LogP contribution in [0.2, 0.25) is 0 Å². The van der Waals surface area contributed by atoms with Crippen molar-refractivity contribution in [3.05, 3.63) is 167 Å². The molecule has 13 nitrogen and oxygen atoms in total. The summed E-state index contributed by atoms with van der Waals surface area (Å²) in [7, 11) is 1.30. The SMILES string of the molecule is CC[C@H](C)[C@H](NC(=O)[C@@H]1C[C@@H]2CCCC[C@@H]2N1C(=O)[C@@H]1CCCN1C(=O)[C@@H](CC(=O)OCC1c2ccccc2-c2ccccc21)CC(C)C)C(=O)C[C@@H](CSC(c1ccccc1)(c1ccccc1)c1ccccc1)C(=O)N[C@H](C(=O)OC)[C@@H](C)CC. The number of rotatable bonds is 26. The number of fused-ring (bicyclic) bond motifs is 4. The molecule has 0 bridgehead atoms. The van der Waals surface area contributed by atoms with E-state index >= 15 is 19.2 Å². The van der Waals surface area contributed by atoms with E-state index in [4.69, 9.17) is 9.47 Å². The fraction of sp³-hybridized carbons (Fsp3) is 0.486. The van der Waals surface area contributed by atoms with Crippen LogP contribution in [0.4, 0.5) is 0 Å². The van der Waals surface area contributed by atoms with Crippen LogP contribution in [0.25, 0.3) is 11.1 Å². The molecule has 1 saturated carbocycles. The summed E-state index contributed by atoms with van der Waals surface area (Å²) < 4.78 is 10.4. The summed E-state index contributed by atoms with van der Waals surface area (Å²) in [5, 5.41) is 6.21. The van der Waals surface area contributed by atoms with E-state index in [1.165, 1.54) is 7.11 Å². The van der Waals surface area contributed by atoms with Gasteiger partial charge in [-0.1, -0.05) is 207 Å². The number of Topliss-reactive ketones (excluding diaryl/α,β-unsaturated/α-hetero) is 1. The third-order valence-electron chi connectivity index (χ3n) is 19.0. The molecule has 3 fully saturated rings. The van der Waals surface area contributed by atoms with Gasteiger partial charge in [-0.25, -0.2) is 4.79 Å². The Hall–Kier alpha value is -7.06. The Labute approximate surface area is 513 Å². The molecule has 4 aliphatic rings. The van der Waals surface area contributed by atoms with Crippen LogP contribution in [-0.4, -0.2) is 107 Å². The number of likely N-dealkylation sites (tertiary alicyclic amines) is 2. The number of hydrogen-bond acceptors (Lipinski definition) is 10. The smallest absolute Gasteiger partial charge is 0.328 e. The summed E-state index contributed by atoms with van der Waals surface area (Å²) in [5.74, 6) is -4.92. The minimum atomic E-state index is -1.01. The van der Waals surface area contributed by atoms with Crippen molar-refractivity contribution < 1.29 is 43.0 Å². The number of hydrogen-bond donors (Lipinski definition) is 2. The summed E-state index contributed by atoms with van der Waals surface area (Å²) >= 11 is 1.55. The number of esters is 2. The summed E-state index contributed by atoms with van der Waals surface area (Å²) in [6, 6.07) is 42.8. The van der Waals surface area contributed by atoms with Gasteiger partial charge < -0.3 is 29.9 Å². The lowest BCUT2D eigenvalue weighted by Crippen LogP contribution is -2.58. The number of ketones is 1. The number of carbonyl (C=O) groups is 7. The van der Waals surface area contributed by atoms with Crippen LogP contribution in [0.5, 0.6) is 0 Å². The van der Waals surface area contributed by atoms with Gasteiger partial charge in [0, 0.05) is 36.6 Å². The summed E-state index contributed by atoms with van der Waals surface area (Å²) in [6.45, 7) is 12.2. The minimum absolute atomic E-state index is 0.0616. The highest BCUT2D eigenvalue weighted by molar-refractivity contribution is 8.00. The van der Waals surface area contributed by atoms with Crippen LogP contribution < -0.4 is 10.6 Å². The highest BCUT2D eigenvalue weighted by atomic mass is 32.2. The van der Waals surface area contributed by atoms with Crippen LogP contribution in [0.1, 0.15) is 152 Å². The Morgan fingerprint density at radius 2 is 1.17 bits per heavy atom. The molecule has 4 amide bonds. The van der Waals surface area contributed by atoms with E-state index in [9.17, 15) is 14.4 Å². The van der Waals surface area contributed by atoms with Crippen molar-refractivity contribution in [2.45, 2.75) is 159 Å². The molecule has 9 rings (SSSR count). The van der Waals surface area contributed by atoms with E-state index in [1.54, 1.807) is 21.6 Å². The standard InChI is InChI=1S/C72H88N4O9S/c1-8-47(5)65(63(77)42-51(67(79)74-66(48(6)9-2)71(83)84-7)45-86-72(52-27-13-10-14-28-52,53-29-15-11-16-30-53)54-31-17-12-18-32-54)73-68(80)62-41-49-26-19-24-37-60(49)76(62)70(82)61-38-25-39-75(61)69(81)50(40-46(3)4)43-64(78)85-44-59-57-35-22-20-33-55(57)56-34-21-23-36-58(56)59/h10-18,20-23,27-36,46-51,59-62,65-66H,8-9,19,24-26,37-45H2,1-7H3,(H,73,80)(H,74,79)/t47-,48-,49-,50+,51-,60-,61-,62-,65-,66-/m0/s1. The molecule has 2 aliphatic heterocycles. The zero-order chi connectivity index (χ0) is 61.1. The topological polar surface area (TPSA) is 168 Å². The number of amides is 4. The van der Waals surface area contributed by atoms with Gasteiger partial charge in [-0.2, -0.15) is 0 Å². The lowest BCUT2D eigenvalue weighted by molar-refractivity contribution is -0.153. The van der Waals surface area contributed by atoms with Gasteiger partial charge in [0.2, 0.25) is 23.6 Å².